The quantitative estimate of drug-likeness (QED) is 0.632. The molecule has 0 amide bonds. The summed E-state index contributed by atoms with van der Waals surface area (Å²) in [7, 11) is 0. The van der Waals surface area contributed by atoms with E-state index in [0.717, 1.165) is 32.1 Å². The summed E-state index contributed by atoms with van der Waals surface area (Å²) < 4.78 is 0. The molecule has 0 aliphatic heterocycles. The van der Waals surface area contributed by atoms with Crippen molar-refractivity contribution in [3.05, 3.63) is 12.2 Å². The van der Waals surface area contributed by atoms with Crippen LogP contribution in [0.25, 0.3) is 0 Å². The van der Waals surface area contributed by atoms with Crippen molar-refractivity contribution in [3.63, 3.8) is 0 Å². The Morgan fingerprint density at radius 2 is 1.90 bits per heavy atom. The standard InChI is InChI=1S/C19H26O2/c1-18-8-6-14-17(15(18)10-13(20)11-18)16(21)9-12-5-3-4-7-19(12,14)2/h3-4,12,14-15,17H,5-11H2,1-2H3/t12?,14-,15-,17+,18+,19-/m0/s1. The van der Waals surface area contributed by atoms with Crippen LogP contribution in [0.4, 0.5) is 0 Å². The van der Waals surface area contributed by atoms with Crippen molar-refractivity contribution in [2.75, 3.05) is 0 Å². The van der Waals surface area contributed by atoms with E-state index in [-0.39, 0.29) is 11.3 Å². The molecule has 4 rings (SSSR count). The minimum Gasteiger partial charge on any atom is -0.300 e. The predicted octanol–water partition coefficient (Wildman–Crippen LogP) is 3.94. The van der Waals surface area contributed by atoms with Gasteiger partial charge in [-0.25, -0.2) is 0 Å². The first-order valence-electron chi connectivity index (χ1n) is 8.63. The summed E-state index contributed by atoms with van der Waals surface area (Å²) in [6, 6.07) is 0. The Morgan fingerprint density at radius 1 is 1.10 bits per heavy atom. The van der Waals surface area contributed by atoms with E-state index in [4.69, 9.17) is 0 Å². The topological polar surface area (TPSA) is 34.1 Å². The molecule has 0 aromatic heterocycles. The van der Waals surface area contributed by atoms with Crippen LogP contribution >= 0.6 is 0 Å². The van der Waals surface area contributed by atoms with Crippen LogP contribution in [-0.2, 0) is 9.59 Å². The van der Waals surface area contributed by atoms with Crippen molar-refractivity contribution in [2.24, 2.45) is 34.5 Å². The van der Waals surface area contributed by atoms with Crippen LogP contribution in [0.3, 0.4) is 0 Å². The zero-order valence-corrected chi connectivity index (χ0v) is 13.2. The molecule has 0 bridgehead atoms. The zero-order chi connectivity index (χ0) is 14.8. The van der Waals surface area contributed by atoms with Crippen molar-refractivity contribution >= 4 is 11.6 Å². The maximum atomic E-state index is 12.9. The second-order valence-electron chi connectivity index (χ2n) is 8.64. The third kappa shape index (κ3) is 1.77. The summed E-state index contributed by atoms with van der Waals surface area (Å²) >= 11 is 0. The smallest absolute Gasteiger partial charge is 0.136 e. The normalized spacial score (nSPS) is 52.3. The summed E-state index contributed by atoms with van der Waals surface area (Å²) in [5.41, 5.74) is 0.405. The molecule has 4 aliphatic carbocycles. The third-order valence-electron chi connectivity index (χ3n) is 7.58. The van der Waals surface area contributed by atoms with E-state index >= 15 is 0 Å². The lowest BCUT2D eigenvalue weighted by Crippen LogP contribution is -2.55. The van der Waals surface area contributed by atoms with Gasteiger partial charge in [0.1, 0.15) is 11.6 Å². The number of rotatable bonds is 0. The highest BCUT2D eigenvalue weighted by Crippen LogP contribution is 2.64. The van der Waals surface area contributed by atoms with Gasteiger partial charge in [-0.05, 0) is 54.3 Å². The van der Waals surface area contributed by atoms with E-state index in [9.17, 15) is 9.59 Å². The molecule has 114 valence electrons. The van der Waals surface area contributed by atoms with Crippen LogP contribution in [0.5, 0.6) is 0 Å². The summed E-state index contributed by atoms with van der Waals surface area (Å²) in [6.45, 7) is 4.69. The number of Topliss-reactive ketones (excluding diaryl/α,β-unsaturated/α-hetero) is 2. The third-order valence-corrected chi connectivity index (χ3v) is 7.58. The van der Waals surface area contributed by atoms with Gasteiger partial charge in [-0.1, -0.05) is 26.0 Å². The molecule has 2 nitrogen and oxygen atoms in total. The number of ketones is 2. The summed E-state index contributed by atoms with van der Waals surface area (Å²) in [4.78, 5) is 24.9. The van der Waals surface area contributed by atoms with Crippen molar-refractivity contribution in [1.82, 2.24) is 0 Å². The molecule has 2 heteroatoms. The van der Waals surface area contributed by atoms with Gasteiger partial charge in [0.05, 0.1) is 0 Å². The first-order chi connectivity index (χ1) is 9.94. The lowest BCUT2D eigenvalue weighted by molar-refractivity contribution is -0.150. The molecule has 4 aliphatic rings. The highest BCUT2D eigenvalue weighted by Gasteiger charge is 2.60. The number of fused-ring (bicyclic) bond motifs is 5. The van der Waals surface area contributed by atoms with Gasteiger partial charge < -0.3 is 0 Å². The first-order valence-corrected chi connectivity index (χ1v) is 8.63. The van der Waals surface area contributed by atoms with E-state index in [1.165, 1.54) is 0 Å². The van der Waals surface area contributed by atoms with Crippen LogP contribution in [0, 0.1) is 34.5 Å². The van der Waals surface area contributed by atoms with Crippen LogP contribution in [0.15, 0.2) is 12.2 Å². The molecule has 1 unspecified atom stereocenters. The zero-order valence-electron chi connectivity index (χ0n) is 13.2. The van der Waals surface area contributed by atoms with Crippen molar-refractivity contribution in [1.29, 1.82) is 0 Å². The minimum absolute atomic E-state index is 0.113. The van der Waals surface area contributed by atoms with Gasteiger partial charge in [0.15, 0.2) is 0 Å². The number of hydrogen-bond donors (Lipinski definition) is 0. The van der Waals surface area contributed by atoms with E-state index in [1.54, 1.807) is 0 Å². The summed E-state index contributed by atoms with van der Waals surface area (Å²) in [6.07, 6.45) is 11.2. The Balaban J connectivity index is 1.74. The predicted molar refractivity (Wildman–Crippen MR) is 81.6 cm³/mol. The number of carbonyl (C=O) groups is 2. The summed E-state index contributed by atoms with van der Waals surface area (Å²) in [5, 5.41) is 0. The average Bonchev–Trinajstić information content (AvgIpc) is 2.73. The molecular formula is C19H26O2. The number of hydrogen-bond acceptors (Lipinski definition) is 2. The van der Waals surface area contributed by atoms with Gasteiger partial charge in [0, 0.05) is 25.2 Å². The van der Waals surface area contributed by atoms with Gasteiger partial charge in [0.2, 0.25) is 0 Å². The molecule has 0 radical (unpaired) electrons. The van der Waals surface area contributed by atoms with Crippen LogP contribution < -0.4 is 0 Å². The molecular weight excluding hydrogens is 260 g/mol. The van der Waals surface area contributed by atoms with E-state index in [2.05, 4.69) is 26.0 Å². The minimum atomic E-state index is 0.113. The lowest BCUT2D eigenvalue weighted by atomic mass is 9.46. The molecule has 0 aromatic carbocycles. The Bertz CT molecular complexity index is 534. The van der Waals surface area contributed by atoms with E-state index in [0.29, 0.717) is 47.6 Å². The summed E-state index contributed by atoms with van der Waals surface area (Å²) in [5.74, 6) is 2.42. The highest BCUT2D eigenvalue weighted by molar-refractivity contribution is 5.87. The highest BCUT2D eigenvalue weighted by atomic mass is 16.1. The van der Waals surface area contributed by atoms with Crippen LogP contribution in [-0.4, -0.2) is 11.6 Å². The average molecular weight is 286 g/mol. The molecule has 3 fully saturated rings. The Labute approximate surface area is 127 Å². The van der Waals surface area contributed by atoms with Crippen molar-refractivity contribution in [2.45, 2.75) is 58.8 Å². The van der Waals surface area contributed by atoms with E-state index < -0.39 is 0 Å². The first kappa shape index (κ1) is 13.7. The fourth-order valence-corrected chi connectivity index (χ4v) is 6.30. The largest absolute Gasteiger partial charge is 0.300 e. The fourth-order valence-electron chi connectivity index (χ4n) is 6.30. The maximum absolute atomic E-state index is 12.9. The molecule has 0 saturated heterocycles. The SMILES string of the molecule is C[C@]12CC[C@H]3[C@@H](C(=O)CC4CC=CC[C@@]43C)[C@@H]1CC(=O)C2. The second-order valence-corrected chi connectivity index (χ2v) is 8.64. The monoisotopic (exact) mass is 286 g/mol. The van der Waals surface area contributed by atoms with Crippen molar-refractivity contribution < 1.29 is 9.59 Å². The number of carbonyl (C=O) groups excluding carboxylic acids is 2. The van der Waals surface area contributed by atoms with Gasteiger partial charge in [-0.2, -0.15) is 0 Å². The lowest BCUT2D eigenvalue weighted by Gasteiger charge is -2.57. The van der Waals surface area contributed by atoms with Crippen LogP contribution in [0.2, 0.25) is 0 Å². The van der Waals surface area contributed by atoms with Gasteiger partial charge in [-0.3, -0.25) is 9.59 Å². The fraction of sp³-hybridized carbons (Fsp3) is 0.789. The molecule has 0 N–H and O–H groups in total. The van der Waals surface area contributed by atoms with Gasteiger partial charge in [-0.15, -0.1) is 0 Å². The number of allylic oxidation sites excluding steroid dienone is 2. The van der Waals surface area contributed by atoms with Gasteiger partial charge >= 0.3 is 0 Å². The Morgan fingerprint density at radius 3 is 2.71 bits per heavy atom. The Kier molecular flexibility index (Phi) is 2.81. The second kappa shape index (κ2) is 4.30. The van der Waals surface area contributed by atoms with Crippen molar-refractivity contribution in [3.8, 4) is 0 Å². The molecule has 0 aromatic rings. The molecule has 0 heterocycles. The molecule has 21 heavy (non-hydrogen) atoms. The molecule has 6 atom stereocenters. The Hall–Kier alpha value is -0.920. The van der Waals surface area contributed by atoms with Gasteiger partial charge in [0.25, 0.3) is 0 Å². The van der Waals surface area contributed by atoms with Crippen LogP contribution in [0.1, 0.15) is 58.8 Å². The van der Waals surface area contributed by atoms with E-state index in [1.807, 2.05) is 0 Å². The maximum Gasteiger partial charge on any atom is 0.136 e. The molecule has 0 spiro atoms. The molecule has 3 saturated carbocycles.